The number of hydrogen-bond donors (Lipinski definition) is 1. The molecule has 158 valence electrons. The second-order valence-corrected chi connectivity index (χ2v) is 7.90. The molecule has 3 rings (SSSR count). The third-order valence-corrected chi connectivity index (χ3v) is 5.52. The predicted molar refractivity (Wildman–Crippen MR) is 113 cm³/mol. The second-order valence-electron chi connectivity index (χ2n) is 6.73. The minimum Gasteiger partial charge on any atom is -0.383 e. The lowest BCUT2D eigenvalue weighted by Gasteiger charge is -2.23. The van der Waals surface area contributed by atoms with E-state index in [1.54, 1.807) is 31.2 Å². The summed E-state index contributed by atoms with van der Waals surface area (Å²) >= 11 is 1.08. The maximum atomic E-state index is 14.1. The monoisotopic (exact) mass is 433 g/mol. The van der Waals surface area contributed by atoms with E-state index in [0.717, 1.165) is 23.9 Å². The SMILES string of the molecule is COC[C@H](C)N1C(=O)[C@H](CC(=O)Nc2ccccc2)SC1=Nc1ccc(F)cc1F. The number of carbonyl (C=O) groups excluding carboxylic acids is 2. The van der Waals surface area contributed by atoms with Crippen LogP contribution in [0.3, 0.4) is 0 Å². The first kappa shape index (κ1) is 21.9. The number of nitrogens with one attached hydrogen (secondary N) is 1. The molecule has 1 saturated heterocycles. The number of nitrogens with zero attached hydrogens (tertiary/aromatic N) is 2. The van der Waals surface area contributed by atoms with Crippen molar-refractivity contribution in [3.05, 3.63) is 60.2 Å². The molecule has 1 fully saturated rings. The average molecular weight is 433 g/mol. The van der Waals surface area contributed by atoms with Crippen molar-refractivity contribution in [1.29, 1.82) is 0 Å². The number of aliphatic imine (C=N–C) groups is 1. The largest absolute Gasteiger partial charge is 0.383 e. The maximum absolute atomic E-state index is 14.1. The van der Waals surface area contributed by atoms with E-state index in [-0.39, 0.29) is 41.7 Å². The number of hydrogen-bond acceptors (Lipinski definition) is 5. The fourth-order valence-corrected chi connectivity index (χ4v) is 4.23. The zero-order valence-corrected chi connectivity index (χ0v) is 17.3. The number of anilines is 1. The molecule has 1 N–H and O–H groups in total. The molecule has 0 aliphatic carbocycles. The Bertz CT molecular complexity index is 956. The minimum atomic E-state index is -0.833. The van der Waals surface area contributed by atoms with Gasteiger partial charge in [0.1, 0.15) is 16.8 Å². The zero-order chi connectivity index (χ0) is 21.7. The summed E-state index contributed by atoms with van der Waals surface area (Å²) in [4.78, 5) is 31.0. The molecule has 6 nitrogen and oxygen atoms in total. The van der Waals surface area contributed by atoms with E-state index in [2.05, 4.69) is 10.3 Å². The van der Waals surface area contributed by atoms with E-state index in [4.69, 9.17) is 4.74 Å². The summed E-state index contributed by atoms with van der Waals surface area (Å²) in [5.41, 5.74) is 0.542. The molecule has 0 spiro atoms. The Labute approximate surface area is 177 Å². The standard InChI is InChI=1S/C21H21F2N3O3S/c1-13(12-29-2)26-20(28)18(11-19(27)24-15-6-4-3-5-7-15)30-21(26)25-17-9-8-14(22)10-16(17)23/h3-10,13,18H,11-12H2,1-2H3,(H,24,27)/t13-,18-/m0/s1. The van der Waals surface area contributed by atoms with E-state index in [1.165, 1.54) is 18.1 Å². The summed E-state index contributed by atoms with van der Waals surface area (Å²) in [6, 6.07) is 11.6. The first-order valence-corrected chi connectivity index (χ1v) is 10.1. The summed E-state index contributed by atoms with van der Waals surface area (Å²) in [7, 11) is 1.51. The van der Waals surface area contributed by atoms with Crippen molar-refractivity contribution in [1.82, 2.24) is 4.90 Å². The van der Waals surface area contributed by atoms with Crippen molar-refractivity contribution in [2.75, 3.05) is 19.0 Å². The maximum Gasteiger partial charge on any atom is 0.243 e. The van der Waals surface area contributed by atoms with E-state index in [1.807, 2.05) is 6.07 Å². The molecular weight excluding hydrogens is 412 g/mol. The quantitative estimate of drug-likeness (QED) is 0.718. The van der Waals surface area contributed by atoms with Crippen molar-refractivity contribution in [2.45, 2.75) is 24.6 Å². The molecule has 2 amide bonds. The molecular formula is C21H21F2N3O3S. The van der Waals surface area contributed by atoms with Gasteiger partial charge in [-0.05, 0) is 31.2 Å². The van der Waals surface area contributed by atoms with Crippen LogP contribution in [0.15, 0.2) is 53.5 Å². The molecule has 0 bridgehead atoms. The Morgan fingerprint density at radius 2 is 2.00 bits per heavy atom. The first-order chi connectivity index (χ1) is 14.4. The lowest BCUT2D eigenvalue weighted by Crippen LogP contribution is -2.42. The Hall–Kier alpha value is -2.78. The van der Waals surface area contributed by atoms with E-state index >= 15 is 0 Å². The normalized spacial score (nSPS) is 18.7. The van der Waals surface area contributed by atoms with Crippen LogP contribution in [0.5, 0.6) is 0 Å². The summed E-state index contributed by atoms with van der Waals surface area (Å²) in [5, 5.41) is 2.28. The highest BCUT2D eigenvalue weighted by Crippen LogP contribution is 2.34. The van der Waals surface area contributed by atoms with Gasteiger partial charge in [0.2, 0.25) is 11.8 Å². The van der Waals surface area contributed by atoms with Gasteiger partial charge in [0, 0.05) is 25.3 Å². The molecule has 0 aromatic heterocycles. The average Bonchev–Trinajstić information content (AvgIpc) is 3.00. The van der Waals surface area contributed by atoms with Crippen LogP contribution >= 0.6 is 11.8 Å². The van der Waals surface area contributed by atoms with Crippen LogP contribution < -0.4 is 5.32 Å². The van der Waals surface area contributed by atoms with Crippen LogP contribution in [-0.2, 0) is 14.3 Å². The number of rotatable bonds is 7. The number of para-hydroxylation sites is 1. The molecule has 1 aliphatic heterocycles. The second kappa shape index (κ2) is 9.82. The molecule has 0 radical (unpaired) electrons. The number of amidine groups is 1. The van der Waals surface area contributed by atoms with Gasteiger partial charge in [-0.2, -0.15) is 0 Å². The van der Waals surface area contributed by atoms with Crippen LogP contribution in [-0.4, -0.2) is 46.9 Å². The van der Waals surface area contributed by atoms with Gasteiger partial charge in [-0.25, -0.2) is 13.8 Å². The van der Waals surface area contributed by atoms with Crippen molar-refractivity contribution >= 4 is 40.1 Å². The lowest BCUT2D eigenvalue weighted by molar-refractivity contribution is -0.130. The van der Waals surface area contributed by atoms with Gasteiger partial charge >= 0.3 is 0 Å². The molecule has 9 heteroatoms. The Balaban J connectivity index is 1.82. The smallest absolute Gasteiger partial charge is 0.243 e. The van der Waals surface area contributed by atoms with Gasteiger partial charge in [0.05, 0.1) is 12.6 Å². The number of carbonyl (C=O) groups is 2. The van der Waals surface area contributed by atoms with Crippen molar-refractivity contribution in [3.63, 3.8) is 0 Å². The fraction of sp³-hybridized carbons (Fsp3) is 0.286. The summed E-state index contributed by atoms with van der Waals surface area (Å²) in [5.74, 6) is -2.18. The topological polar surface area (TPSA) is 71.0 Å². The Morgan fingerprint density at radius 1 is 1.27 bits per heavy atom. The number of ether oxygens (including phenoxy) is 1. The minimum absolute atomic E-state index is 0.0699. The molecule has 1 heterocycles. The molecule has 1 aliphatic rings. The fourth-order valence-electron chi connectivity index (χ4n) is 2.99. The van der Waals surface area contributed by atoms with Crippen LogP contribution in [0.25, 0.3) is 0 Å². The van der Waals surface area contributed by atoms with Gasteiger partial charge in [-0.1, -0.05) is 30.0 Å². The summed E-state index contributed by atoms with van der Waals surface area (Å²) < 4.78 is 32.4. The third-order valence-electron chi connectivity index (χ3n) is 4.37. The highest BCUT2D eigenvalue weighted by atomic mass is 32.2. The van der Waals surface area contributed by atoms with Gasteiger partial charge in [0.15, 0.2) is 11.0 Å². The van der Waals surface area contributed by atoms with Crippen LogP contribution in [0, 0.1) is 11.6 Å². The van der Waals surface area contributed by atoms with E-state index in [0.29, 0.717) is 5.69 Å². The first-order valence-electron chi connectivity index (χ1n) is 9.26. The number of methoxy groups -OCH3 is 1. The van der Waals surface area contributed by atoms with Crippen molar-refractivity contribution in [2.24, 2.45) is 4.99 Å². The molecule has 0 saturated carbocycles. The van der Waals surface area contributed by atoms with Crippen LogP contribution in [0.4, 0.5) is 20.2 Å². The molecule has 2 aromatic carbocycles. The zero-order valence-electron chi connectivity index (χ0n) is 16.5. The predicted octanol–water partition coefficient (Wildman–Crippen LogP) is 3.96. The van der Waals surface area contributed by atoms with Crippen LogP contribution in [0.1, 0.15) is 13.3 Å². The number of thioether (sulfide) groups is 1. The highest BCUT2D eigenvalue weighted by Gasteiger charge is 2.41. The van der Waals surface area contributed by atoms with Gasteiger partial charge in [-0.3, -0.25) is 14.5 Å². The Morgan fingerprint density at radius 3 is 2.67 bits per heavy atom. The van der Waals surface area contributed by atoms with Crippen molar-refractivity contribution in [3.8, 4) is 0 Å². The third kappa shape index (κ3) is 5.22. The summed E-state index contributed by atoms with van der Waals surface area (Å²) in [6.07, 6.45) is -0.0699. The lowest BCUT2D eigenvalue weighted by atomic mass is 10.2. The number of amides is 2. The molecule has 0 unspecified atom stereocenters. The van der Waals surface area contributed by atoms with E-state index < -0.39 is 16.9 Å². The van der Waals surface area contributed by atoms with Gasteiger partial charge in [0.25, 0.3) is 0 Å². The highest BCUT2D eigenvalue weighted by molar-refractivity contribution is 8.15. The summed E-state index contributed by atoms with van der Waals surface area (Å²) in [6.45, 7) is 2.01. The molecule has 2 atom stereocenters. The molecule has 2 aromatic rings. The number of benzene rings is 2. The number of halogens is 2. The van der Waals surface area contributed by atoms with Gasteiger partial charge < -0.3 is 10.1 Å². The molecule has 30 heavy (non-hydrogen) atoms. The van der Waals surface area contributed by atoms with E-state index in [9.17, 15) is 18.4 Å². The van der Waals surface area contributed by atoms with Crippen molar-refractivity contribution < 1.29 is 23.1 Å². The Kier molecular flexibility index (Phi) is 7.17. The van der Waals surface area contributed by atoms with Crippen LogP contribution in [0.2, 0.25) is 0 Å². The van der Waals surface area contributed by atoms with Gasteiger partial charge in [-0.15, -0.1) is 0 Å².